The predicted octanol–water partition coefficient (Wildman–Crippen LogP) is 2.56. The van der Waals surface area contributed by atoms with Gasteiger partial charge in [0.25, 0.3) is 0 Å². The van der Waals surface area contributed by atoms with Crippen molar-refractivity contribution in [1.82, 2.24) is 9.88 Å². The highest BCUT2D eigenvalue weighted by Crippen LogP contribution is 2.30. The van der Waals surface area contributed by atoms with Crippen molar-refractivity contribution in [1.29, 1.82) is 0 Å². The van der Waals surface area contributed by atoms with Crippen molar-refractivity contribution in [2.75, 3.05) is 18.4 Å². The van der Waals surface area contributed by atoms with Crippen LogP contribution in [0.3, 0.4) is 0 Å². The lowest BCUT2D eigenvalue weighted by atomic mass is 9.90. The lowest BCUT2D eigenvalue weighted by molar-refractivity contribution is -0.146. The number of urea groups is 1. The average molecular weight is 299 g/mol. The van der Waals surface area contributed by atoms with Gasteiger partial charge in [-0.3, -0.25) is 9.78 Å². The number of carboxylic acid groups (broad SMARTS) is 1. The standard InChI is InChI=1S/C16H17N3O3/c1-16(14(20)21)5-7-19(10-16)15(22)18-13-3-2-12-9-17-6-4-11(12)8-13/h2-4,6,8-9H,5,7,10H2,1H3,(H,18,22)(H,20,21). The van der Waals surface area contributed by atoms with Crippen molar-refractivity contribution in [3.05, 3.63) is 36.7 Å². The first-order chi connectivity index (χ1) is 10.5. The molecule has 2 heterocycles. The molecule has 1 saturated heterocycles. The van der Waals surface area contributed by atoms with Crippen LogP contribution < -0.4 is 5.32 Å². The SMILES string of the molecule is CC1(C(=O)O)CCN(C(=O)Nc2ccc3cnccc3c2)C1. The van der Waals surface area contributed by atoms with Crippen molar-refractivity contribution >= 4 is 28.5 Å². The molecule has 0 radical (unpaired) electrons. The molecule has 1 aliphatic rings. The maximum atomic E-state index is 12.3. The van der Waals surface area contributed by atoms with E-state index in [0.717, 1.165) is 10.8 Å². The van der Waals surface area contributed by atoms with Crippen LogP contribution in [0.25, 0.3) is 10.8 Å². The number of anilines is 1. The van der Waals surface area contributed by atoms with Gasteiger partial charge < -0.3 is 15.3 Å². The summed E-state index contributed by atoms with van der Waals surface area (Å²) in [6.07, 6.45) is 3.94. The van der Waals surface area contributed by atoms with Gasteiger partial charge >= 0.3 is 12.0 Å². The average Bonchev–Trinajstić information content (AvgIpc) is 2.91. The summed E-state index contributed by atoms with van der Waals surface area (Å²) in [5.41, 5.74) is -0.167. The van der Waals surface area contributed by atoms with E-state index in [-0.39, 0.29) is 12.6 Å². The van der Waals surface area contributed by atoms with Gasteiger partial charge in [-0.2, -0.15) is 0 Å². The third-order valence-electron chi connectivity index (χ3n) is 4.17. The summed E-state index contributed by atoms with van der Waals surface area (Å²) < 4.78 is 0. The van der Waals surface area contributed by atoms with Gasteiger partial charge in [0.2, 0.25) is 0 Å². The maximum Gasteiger partial charge on any atom is 0.321 e. The Kier molecular flexibility index (Phi) is 3.44. The molecule has 6 nitrogen and oxygen atoms in total. The molecule has 2 amide bonds. The molecule has 0 saturated carbocycles. The van der Waals surface area contributed by atoms with Gasteiger partial charge in [0.1, 0.15) is 0 Å². The molecule has 6 heteroatoms. The molecule has 0 spiro atoms. The minimum absolute atomic E-state index is 0.228. The maximum absolute atomic E-state index is 12.3. The van der Waals surface area contributed by atoms with Crippen LogP contribution in [0.15, 0.2) is 36.7 Å². The Morgan fingerprint density at radius 1 is 1.32 bits per heavy atom. The number of likely N-dealkylation sites (tertiary alicyclic amines) is 1. The topological polar surface area (TPSA) is 82.5 Å². The number of nitrogens with zero attached hydrogens (tertiary/aromatic N) is 2. The smallest absolute Gasteiger partial charge is 0.321 e. The minimum Gasteiger partial charge on any atom is -0.481 e. The van der Waals surface area contributed by atoms with Gasteiger partial charge in [0.05, 0.1) is 5.41 Å². The van der Waals surface area contributed by atoms with Crippen molar-refractivity contribution in [2.45, 2.75) is 13.3 Å². The predicted molar refractivity (Wildman–Crippen MR) is 82.7 cm³/mol. The van der Waals surface area contributed by atoms with Gasteiger partial charge in [-0.1, -0.05) is 6.07 Å². The molecule has 0 aliphatic carbocycles. The van der Waals surface area contributed by atoms with Crippen LogP contribution in [0.5, 0.6) is 0 Å². The normalized spacial score (nSPS) is 21.0. The van der Waals surface area contributed by atoms with Gasteiger partial charge in [-0.15, -0.1) is 0 Å². The van der Waals surface area contributed by atoms with Gasteiger partial charge in [0.15, 0.2) is 0 Å². The number of hydrogen-bond acceptors (Lipinski definition) is 3. The van der Waals surface area contributed by atoms with Crippen molar-refractivity contribution in [3.8, 4) is 0 Å². The van der Waals surface area contributed by atoms with E-state index >= 15 is 0 Å². The molecule has 3 rings (SSSR count). The summed E-state index contributed by atoms with van der Waals surface area (Å²) in [5.74, 6) is -0.860. The molecule has 1 aromatic carbocycles. The Bertz CT molecular complexity index is 746. The number of carboxylic acids is 1. The van der Waals surface area contributed by atoms with E-state index in [2.05, 4.69) is 10.3 Å². The summed E-state index contributed by atoms with van der Waals surface area (Å²) >= 11 is 0. The minimum atomic E-state index is -0.860. The molecule has 1 aromatic heterocycles. The monoisotopic (exact) mass is 299 g/mol. The van der Waals surface area contributed by atoms with E-state index in [1.807, 2.05) is 24.3 Å². The largest absolute Gasteiger partial charge is 0.481 e. The van der Waals surface area contributed by atoms with Crippen LogP contribution in [0, 0.1) is 5.41 Å². The van der Waals surface area contributed by atoms with Crippen LogP contribution in [0.1, 0.15) is 13.3 Å². The zero-order valence-corrected chi connectivity index (χ0v) is 12.2. The Hall–Kier alpha value is -2.63. The molecule has 22 heavy (non-hydrogen) atoms. The van der Waals surface area contributed by atoms with Crippen molar-refractivity contribution in [2.24, 2.45) is 5.41 Å². The number of nitrogens with one attached hydrogen (secondary N) is 1. The number of hydrogen-bond donors (Lipinski definition) is 2. The Balaban J connectivity index is 1.72. The van der Waals surface area contributed by atoms with Crippen LogP contribution in [-0.2, 0) is 4.79 Å². The Labute approximate surface area is 127 Å². The first-order valence-electron chi connectivity index (χ1n) is 7.11. The second-order valence-corrected chi connectivity index (χ2v) is 5.91. The quantitative estimate of drug-likeness (QED) is 0.892. The third-order valence-corrected chi connectivity index (χ3v) is 4.17. The third kappa shape index (κ3) is 2.59. The molecule has 1 atom stereocenters. The first kappa shape index (κ1) is 14.3. The summed E-state index contributed by atoms with van der Waals surface area (Å²) in [6, 6.07) is 7.19. The van der Waals surface area contributed by atoms with Crippen molar-refractivity contribution < 1.29 is 14.7 Å². The summed E-state index contributed by atoms with van der Waals surface area (Å²) in [4.78, 5) is 29.1. The van der Waals surface area contributed by atoms with Gasteiger partial charge in [-0.05, 0) is 36.9 Å². The fourth-order valence-electron chi connectivity index (χ4n) is 2.67. The number of carbonyl (C=O) groups is 2. The number of benzene rings is 1. The van der Waals surface area contributed by atoms with E-state index in [4.69, 9.17) is 0 Å². The number of carbonyl (C=O) groups excluding carboxylic acids is 1. The molecular weight excluding hydrogens is 282 g/mol. The highest BCUT2D eigenvalue weighted by atomic mass is 16.4. The molecule has 2 aromatic rings. The van der Waals surface area contributed by atoms with Crippen LogP contribution >= 0.6 is 0 Å². The molecule has 0 bridgehead atoms. The molecule has 1 aliphatic heterocycles. The first-order valence-corrected chi connectivity index (χ1v) is 7.11. The Morgan fingerprint density at radius 2 is 2.14 bits per heavy atom. The number of amides is 2. The fraction of sp³-hybridized carbons (Fsp3) is 0.312. The lowest BCUT2D eigenvalue weighted by Gasteiger charge is -2.20. The fourth-order valence-corrected chi connectivity index (χ4v) is 2.67. The molecular formula is C16H17N3O3. The lowest BCUT2D eigenvalue weighted by Crippen LogP contribution is -2.37. The van der Waals surface area contributed by atoms with Crippen LogP contribution in [0.4, 0.5) is 10.5 Å². The van der Waals surface area contributed by atoms with Crippen molar-refractivity contribution in [3.63, 3.8) is 0 Å². The van der Waals surface area contributed by atoms with Crippen LogP contribution in [-0.4, -0.2) is 40.1 Å². The highest BCUT2D eigenvalue weighted by Gasteiger charge is 2.42. The molecule has 1 unspecified atom stereocenters. The van der Waals surface area contributed by atoms with E-state index in [0.29, 0.717) is 18.7 Å². The molecule has 2 N–H and O–H groups in total. The number of rotatable bonds is 2. The molecule has 1 fully saturated rings. The second-order valence-electron chi connectivity index (χ2n) is 5.91. The summed E-state index contributed by atoms with van der Waals surface area (Å²) in [6.45, 7) is 2.35. The summed E-state index contributed by atoms with van der Waals surface area (Å²) in [5, 5.41) is 14.0. The Morgan fingerprint density at radius 3 is 2.86 bits per heavy atom. The van der Waals surface area contributed by atoms with E-state index in [9.17, 15) is 14.7 Å². The number of pyridine rings is 1. The van der Waals surface area contributed by atoms with Gasteiger partial charge in [0, 0.05) is 36.6 Å². The summed E-state index contributed by atoms with van der Waals surface area (Å²) in [7, 11) is 0. The molecule has 114 valence electrons. The highest BCUT2D eigenvalue weighted by molar-refractivity contribution is 5.93. The van der Waals surface area contributed by atoms with E-state index in [1.54, 1.807) is 24.2 Å². The van der Waals surface area contributed by atoms with Crippen LogP contribution in [0.2, 0.25) is 0 Å². The van der Waals surface area contributed by atoms with E-state index < -0.39 is 11.4 Å². The zero-order valence-electron chi connectivity index (χ0n) is 12.2. The van der Waals surface area contributed by atoms with Gasteiger partial charge in [-0.25, -0.2) is 4.79 Å². The number of fused-ring (bicyclic) bond motifs is 1. The second kappa shape index (κ2) is 5.29. The number of aromatic nitrogens is 1. The zero-order chi connectivity index (χ0) is 15.7. The van der Waals surface area contributed by atoms with E-state index in [1.165, 1.54) is 0 Å². The number of aliphatic carboxylic acids is 1.